The Morgan fingerprint density at radius 3 is 2.50 bits per heavy atom. The van der Waals surface area contributed by atoms with Crippen LogP contribution in [0.3, 0.4) is 0 Å². The van der Waals surface area contributed by atoms with Crippen LogP contribution in [-0.2, 0) is 20.1 Å². The zero-order chi connectivity index (χ0) is 25.2. The average Bonchev–Trinajstić information content (AvgIpc) is 3.36. The van der Waals surface area contributed by atoms with Crippen molar-refractivity contribution < 1.29 is 29.4 Å². The van der Waals surface area contributed by atoms with Crippen molar-refractivity contribution in [3.8, 4) is 28.4 Å². The quantitative estimate of drug-likeness (QED) is 0.142. The summed E-state index contributed by atoms with van der Waals surface area (Å²) < 4.78 is 10.9. The first-order valence-corrected chi connectivity index (χ1v) is 13.3. The van der Waals surface area contributed by atoms with Crippen molar-refractivity contribution in [2.24, 2.45) is 0 Å². The van der Waals surface area contributed by atoms with Crippen LogP contribution in [0.15, 0.2) is 79.0 Å². The molecule has 7 rings (SSSR count). The van der Waals surface area contributed by atoms with E-state index in [-0.39, 0.29) is 20.1 Å². The molecule has 0 atom stereocenters. The van der Waals surface area contributed by atoms with E-state index in [4.69, 9.17) is 4.74 Å². The largest absolute Gasteiger partial charge is 3.00 e. The Balaban J connectivity index is 0.000000191. The van der Waals surface area contributed by atoms with E-state index in [1.165, 1.54) is 43.2 Å². The monoisotopic (exact) mass is 678 g/mol. The summed E-state index contributed by atoms with van der Waals surface area (Å²) in [7, 11) is 0. The van der Waals surface area contributed by atoms with E-state index >= 15 is 0 Å². The predicted molar refractivity (Wildman–Crippen MR) is 146 cm³/mol. The molecule has 0 unspecified atom stereocenters. The van der Waals surface area contributed by atoms with Crippen molar-refractivity contribution in [1.29, 1.82) is 0 Å². The summed E-state index contributed by atoms with van der Waals surface area (Å²) >= 11 is 0. The first-order valence-electron chi connectivity index (χ1n) is 13.3. The number of ether oxygens (including phenoxy) is 1. The summed E-state index contributed by atoms with van der Waals surface area (Å²) in [4.78, 5) is 4.22. The maximum atomic E-state index is 6.36. The summed E-state index contributed by atoms with van der Waals surface area (Å²) in [5.41, 5.74) is 6.57. The number of imidazole rings is 1. The van der Waals surface area contributed by atoms with Gasteiger partial charge in [0.15, 0.2) is 0 Å². The molecule has 0 amide bonds. The van der Waals surface area contributed by atoms with Gasteiger partial charge in [-0.05, 0) is 55.1 Å². The van der Waals surface area contributed by atoms with Gasteiger partial charge in [-0.2, -0.15) is 18.2 Å². The number of rotatable bonds is 3. The number of hydrogen-bond acceptors (Lipinski definition) is 2. The van der Waals surface area contributed by atoms with E-state index in [0.29, 0.717) is 12.0 Å². The fourth-order valence-corrected chi connectivity index (χ4v) is 5.40. The van der Waals surface area contributed by atoms with Crippen LogP contribution >= 0.6 is 0 Å². The smallest absolute Gasteiger partial charge is 0.527 e. The number of para-hydroxylation sites is 1. The van der Waals surface area contributed by atoms with Gasteiger partial charge < -0.3 is 18.9 Å². The van der Waals surface area contributed by atoms with E-state index in [0.717, 1.165) is 34.0 Å². The fourth-order valence-electron chi connectivity index (χ4n) is 5.40. The molecule has 4 nitrogen and oxygen atoms in total. The van der Waals surface area contributed by atoms with Gasteiger partial charge in [-0.1, -0.05) is 44.5 Å². The van der Waals surface area contributed by atoms with Crippen LogP contribution in [0, 0.1) is 18.5 Å². The molecule has 0 bridgehead atoms. The summed E-state index contributed by atoms with van der Waals surface area (Å²) in [6.07, 6.45) is 11.9. The molecule has 0 spiro atoms. The Morgan fingerprint density at radius 2 is 1.76 bits per heavy atom. The van der Waals surface area contributed by atoms with Gasteiger partial charge in [0.25, 0.3) is 0 Å². The third-order valence-electron chi connectivity index (χ3n) is 7.28. The predicted octanol–water partition coefficient (Wildman–Crippen LogP) is 7.80. The zero-order valence-corrected chi connectivity index (χ0v) is 24.2. The molecule has 3 heterocycles. The van der Waals surface area contributed by atoms with Gasteiger partial charge in [0.2, 0.25) is 6.33 Å². The Morgan fingerprint density at radius 1 is 0.921 bits per heavy atom. The van der Waals surface area contributed by atoms with Crippen molar-refractivity contribution in [2.45, 2.75) is 57.9 Å². The standard InChI is InChI=1S/C22H23N2O.C11H8N.Ir/c1-15(2)17-10-6-12-19-22(17)25-20-13-7-11-18-21(20)24(19)14-23(18)16-8-4-3-5-9-16;1-2-6-10(7-3-1)11-8-4-5-9-12-11;/h6-7,10-11,13,15-16H,3-5,8-9H2,1-2H3;1-6,8-9H;/q2*-1;+3. The van der Waals surface area contributed by atoms with Crippen LogP contribution in [-0.4, -0.2) is 9.55 Å². The van der Waals surface area contributed by atoms with E-state index in [2.05, 4.69) is 70.7 Å². The minimum Gasteiger partial charge on any atom is -0.527 e. The molecule has 5 heteroatoms. The summed E-state index contributed by atoms with van der Waals surface area (Å²) in [6, 6.07) is 31.2. The van der Waals surface area contributed by atoms with Crippen LogP contribution in [0.5, 0.6) is 11.5 Å². The average molecular weight is 678 g/mol. The van der Waals surface area contributed by atoms with Crippen molar-refractivity contribution in [3.05, 3.63) is 103 Å². The summed E-state index contributed by atoms with van der Waals surface area (Å²) in [5, 5.41) is 0. The SMILES string of the molecule is CC(C)c1cc[c-]c2c1Oc1cccc3c1[n+]-2[c-]n3C1CCCCC1.[Ir+3].[c-]1ccccc1-c1ccccn1. The zero-order valence-electron chi connectivity index (χ0n) is 21.8. The molecule has 1 aliphatic heterocycles. The van der Waals surface area contributed by atoms with Gasteiger partial charge in [0.1, 0.15) is 5.75 Å². The number of fused-ring (bicyclic) bond motifs is 2. The van der Waals surface area contributed by atoms with Crippen LogP contribution in [0.2, 0.25) is 0 Å². The molecule has 0 saturated heterocycles. The van der Waals surface area contributed by atoms with Gasteiger partial charge in [-0.15, -0.1) is 41.5 Å². The van der Waals surface area contributed by atoms with E-state index in [9.17, 15) is 0 Å². The molecular weight excluding hydrogens is 647 g/mol. The first kappa shape index (κ1) is 26.3. The number of benzene rings is 3. The van der Waals surface area contributed by atoms with Crippen molar-refractivity contribution in [1.82, 2.24) is 9.55 Å². The molecule has 1 saturated carbocycles. The van der Waals surface area contributed by atoms with Crippen LogP contribution < -0.4 is 9.30 Å². The van der Waals surface area contributed by atoms with E-state index in [1.54, 1.807) is 6.20 Å². The molecule has 1 aliphatic carbocycles. The van der Waals surface area contributed by atoms with Gasteiger partial charge in [-0.25, -0.2) is 0 Å². The Labute approximate surface area is 238 Å². The molecule has 0 N–H and O–H groups in total. The maximum Gasteiger partial charge on any atom is 3.00 e. The summed E-state index contributed by atoms with van der Waals surface area (Å²) in [6.45, 7) is 4.41. The molecule has 3 aromatic carbocycles. The normalized spacial score (nSPS) is 14.2. The molecule has 0 radical (unpaired) electrons. The van der Waals surface area contributed by atoms with Crippen LogP contribution in [0.4, 0.5) is 0 Å². The topological polar surface area (TPSA) is 30.9 Å². The molecule has 192 valence electrons. The van der Waals surface area contributed by atoms with Crippen LogP contribution in [0.1, 0.15) is 63.5 Å². The minimum atomic E-state index is 0. The molecule has 5 aromatic rings. The third kappa shape index (κ3) is 5.06. The summed E-state index contributed by atoms with van der Waals surface area (Å²) in [5.74, 6) is 2.27. The number of pyridine rings is 1. The van der Waals surface area contributed by atoms with Crippen molar-refractivity contribution in [2.75, 3.05) is 0 Å². The van der Waals surface area contributed by atoms with Gasteiger partial charge in [0.05, 0.1) is 17.1 Å². The van der Waals surface area contributed by atoms with Crippen molar-refractivity contribution >= 4 is 11.0 Å². The molecule has 1 fully saturated rings. The molecule has 2 aromatic heterocycles. The molecule has 2 aliphatic rings. The maximum absolute atomic E-state index is 6.36. The van der Waals surface area contributed by atoms with E-state index in [1.807, 2.05) is 48.5 Å². The van der Waals surface area contributed by atoms with Gasteiger partial charge in [0, 0.05) is 11.9 Å². The minimum absolute atomic E-state index is 0. The van der Waals surface area contributed by atoms with Crippen molar-refractivity contribution in [3.63, 3.8) is 0 Å². The number of hydrogen-bond donors (Lipinski definition) is 0. The van der Waals surface area contributed by atoms with E-state index < -0.39 is 0 Å². The number of aromatic nitrogens is 3. The van der Waals surface area contributed by atoms with Crippen LogP contribution in [0.25, 0.3) is 28.0 Å². The Hall–Kier alpha value is -3.27. The second-order valence-corrected chi connectivity index (χ2v) is 10.1. The Bertz CT molecular complexity index is 1470. The third-order valence-corrected chi connectivity index (χ3v) is 7.28. The second kappa shape index (κ2) is 11.6. The molecular formula is C33H31IrN3O+. The fraction of sp³-hybridized carbons (Fsp3) is 0.273. The van der Waals surface area contributed by atoms with Gasteiger partial charge >= 0.3 is 20.1 Å². The second-order valence-electron chi connectivity index (χ2n) is 10.1. The van der Waals surface area contributed by atoms with Gasteiger partial charge in [-0.3, -0.25) is 0 Å². The first-order chi connectivity index (χ1) is 18.2. The number of nitrogens with zero attached hydrogens (tertiary/aromatic N) is 3. The molecule has 38 heavy (non-hydrogen) atoms. The Kier molecular flexibility index (Phi) is 8.06.